The van der Waals surface area contributed by atoms with Gasteiger partial charge in [-0.3, -0.25) is 0 Å². The zero-order valence-corrected chi connectivity index (χ0v) is 11.0. The van der Waals surface area contributed by atoms with Crippen LogP contribution >= 0.6 is 11.3 Å². The summed E-state index contributed by atoms with van der Waals surface area (Å²) in [4.78, 5) is 2.85. The van der Waals surface area contributed by atoms with Crippen LogP contribution in [0.5, 0.6) is 0 Å². The summed E-state index contributed by atoms with van der Waals surface area (Å²) in [6.07, 6.45) is 4.21. The van der Waals surface area contributed by atoms with E-state index in [1.165, 1.54) is 34.6 Å². The minimum atomic E-state index is 0.439. The molecule has 0 bridgehead atoms. The molecule has 2 nitrogen and oxygen atoms in total. The van der Waals surface area contributed by atoms with E-state index in [9.17, 15) is 0 Å². The van der Waals surface area contributed by atoms with E-state index >= 15 is 0 Å². The molecule has 0 saturated carbocycles. The van der Waals surface area contributed by atoms with Crippen molar-refractivity contribution >= 4 is 11.3 Å². The molecule has 1 unspecified atom stereocenters. The topological polar surface area (TPSA) is 21.3 Å². The summed E-state index contributed by atoms with van der Waals surface area (Å²) < 4.78 is 5.69. The standard InChI is InChI=1S/C13H21NOS/c1-10-7-12(11(2)16-10)8-14-9-13-5-3-4-6-15-13/h7,13-14H,3-6,8-9H2,1-2H3. The highest BCUT2D eigenvalue weighted by Gasteiger charge is 2.13. The summed E-state index contributed by atoms with van der Waals surface area (Å²) in [6, 6.07) is 2.29. The summed E-state index contributed by atoms with van der Waals surface area (Å²) in [5.74, 6) is 0. The molecule has 1 aromatic heterocycles. The Morgan fingerprint density at radius 1 is 1.44 bits per heavy atom. The van der Waals surface area contributed by atoms with Crippen LogP contribution in [0.15, 0.2) is 6.07 Å². The Labute approximate surface area is 102 Å². The van der Waals surface area contributed by atoms with Crippen molar-refractivity contribution in [2.24, 2.45) is 0 Å². The second kappa shape index (κ2) is 5.80. The van der Waals surface area contributed by atoms with E-state index in [-0.39, 0.29) is 0 Å². The second-order valence-corrected chi connectivity index (χ2v) is 6.02. The maximum absolute atomic E-state index is 5.69. The first kappa shape index (κ1) is 12.1. The van der Waals surface area contributed by atoms with Crippen molar-refractivity contribution in [3.8, 4) is 0 Å². The third kappa shape index (κ3) is 3.30. The molecule has 1 N–H and O–H groups in total. The van der Waals surface area contributed by atoms with Crippen LogP contribution < -0.4 is 5.32 Å². The van der Waals surface area contributed by atoms with Crippen LogP contribution in [0.4, 0.5) is 0 Å². The zero-order chi connectivity index (χ0) is 11.4. The zero-order valence-electron chi connectivity index (χ0n) is 10.2. The first-order chi connectivity index (χ1) is 7.75. The lowest BCUT2D eigenvalue weighted by Gasteiger charge is -2.22. The molecule has 1 aliphatic heterocycles. The SMILES string of the molecule is Cc1cc(CNCC2CCCCO2)c(C)s1. The molecule has 16 heavy (non-hydrogen) atoms. The molecular formula is C13H21NOS. The molecule has 0 radical (unpaired) electrons. The average molecular weight is 239 g/mol. The van der Waals surface area contributed by atoms with Crippen LogP contribution in [0.25, 0.3) is 0 Å². The fraction of sp³-hybridized carbons (Fsp3) is 0.692. The molecule has 0 spiro atoms. The van der Waals surface area contributed by atoms with Gasteiger partial charge in [0.1, 0.15) is 0 Å². The normalized spacial score (nSPS) is 21.2. The summed E-state index contributed by atoms with van der Waals surface area (Å²) in [5.41, 5.74) is 1.44. The molecule has 1 atom stereocenters. The Bertz CT molecular complexity index is 329. The molecule has 2 rings (SSSR count). The van der Waals surface area contributed by atoms with E-state index in [1.807, 2.05) is 11.3 Å². The molecule has 2 heterocycles. The molecule has 0 aromatic carbocycles. The van der Waals surface area contributed by atoms with Crippen molar-refractivity contribution < 1.29 is 4.74 Å². The van der Waals surface area contributed by atoms with Crippen molar-refractivity contribution in [2.45, 2.75) is 45.8 Å². The van der Waals surface area contributed by atoms with Gasteiger partial charge in [0.25, 0.3) is 0 Å². The van der Waals surface area contributed by atoms with Crippen molar-refractivity contribution in [3.05, 3.63) is 21.4 Å². The quantitative estimate of drug-likeness (QED) is 0.872. The van der Waals surface area contributed by atoms with E-state index in [1.54, 1.807) is 0 Å². The second-order valence-electron chi connectivity index (χ2n) is 4.56. The predicted octanol–water partition coefficient (Wildman–Crippen LogP) is 3.02. The molecule has 1 saturated heterocycles. The molecule has 1 aromatic rings. The van der Waals surface area contributed by atoms with Gasteiger partial charge in [0, 0.05) is 29.5 Å². The number of nitrogens with one attached hydrogen (secondary N) is 1. The number of ether oxygens (including phenoxy) is 1. The van der Waals surface area contributed by atoms with Crippen LogP contribution in [0.1, 0.15) is 34.6 Å². The van der Waals surface area contributed by atoms with Gasteiger partial charge in [-0.1, -0.05) is 0 Å². The van der Waals surface area contributed by atoms with Crippen LogP contribution in [0, 0.1) is 13.8 Å². The summed E-state index contributed by atoms with van der Waals surface area (Å²) in [7, 11) is 0. The highest BCUT2D eigenvalue weighted by atomic mass is 32.1. The highest BCUT2D eigenvalue weighted by molar-refractivity contribution is 7.12. The smallest absolute Gasteiger partial charge is 0.0699 e. The third-order valence-corrected chi connectivity index (χ3v) is 4.11. The number of aryl methyl sites for hydroxylation is 2. The van der Waals surface area contributed by atoms with Gasteiger partial charge in [-0.15, -0.1) is 11.3 Å². The summed E-state index contributed by atoms with van der Waals surface area (Å²) in [5, 5.41) is 3.51. The third-order valence-electron chi connectivity index (χ3n) is 3.11. The molecule has 0 aliphatic carbocycles. The van der Waals surface area contributed by atoms with E-state index in [4.69, 9.17) is 4.74 Å². The van der Waals surface area contributed by atoms with Gasteiger partial charge in [0.2, 0.25) is 0 Å². The van der Waals surface area contributed by atoms with Crippen LogP contribution in [0.2, 0.25) is 0 Å². The minimum Gasteiger partial charge on any atom is -0.377 e. The molecule has 90 valence electrons. The number of thiophene rings is 1. The van der Waals surface area contributed by atoms with Gasteiger partial charge in [-0.2, -0.15) is 0 Å². The van der Waals surface area contributed by atoms with Gasteiger partial charge < -0.3 is 10.1 Å². The van der Waals surface area contributed by atoms with Crippen molar-refractivity contribution in [1.29, 1.82) is 0 Å². The number of rotatable bonds is 4. The first-order valence-corrected chi connectivity index (χ1v) is 6.95. The van der Waals surface area contributed by atoms with Gasteiger partial charge >= 0.3 is 0 Å². The minimum absolute atomic E-state index is 0.439. The summed E-state index contributed by atoms with van der Waals surface area (Å²) in [6.45, 7) is 7.30. The van der Waals surface area contributed by atoms with Gasteiger partial charge in [-0.25, -0.2) is 0 Å². The largest absolute Gasteiger partial charge is 0.377 e. The monoisotopic (exact) mass is 239 g/mol. The van der Waals surface area contributed by atoms with Gasteiger partial charge in [-0.05, 0) is 44.7 Å². The Morgan fingerprint density at radius 3 is 2.94 bits per heavy atom. The van der Waals surface area contributed by atoms with Crippen molar-refractivity contribution in [1.82, 2.24) is 5.32 Å². The lowest BCUT2D eigenvalue weighted by molar-refractivity contribution is 0.0168. The fourth-order valence-corrected chi connectivity index (χ4v) is 3.14. The molecule has 0 amide bonds. The van der Waals surface area contributed by atoms with E-state index in [0.717, 1.165) is 19.7 Å². The van der Waals surface area contributed by atoms with Crippen LogP contribution in [0.3, 0.4) is 0 Å². The number of hydrogen-bond acceptors (Lipinski definition) is 3. The lowest BCUT2D eigenvalue weighted by atomic mass is 10.1. The lowest BCUT2D eigenvalue weighted by Crippen LogP contribution is -2.31. The summed E-state index contributed by atoms with van der Waals surface area (Å²) >= 11 is 1.88. The van der Waals surface area contributed by atoms with Gasteiger partial charge in [0.15, 0.2) is 0 Å². The van der Waals surface area contributed by atoms with Crippen LogP contribution in [-0.4, -0.2) is 19.3 Å². The Hall–Kier alpha value is -0.380. The predicted molar refractivity (Wildman–Crippen MR) is 69.1 cm³/mol. The molecule has 1 fully saturated rings. The molecule has 3 heteroatoms. The van der Waals surface area contributed by atoms with E-state index in [0.29, 0.717) is 6.10 Å². The molecular weight excluding hydrogens is 218 g/mol. The average Bonchev–Trinajstić information content (AvgIpc) is 2.59. The molecule has 1 aliphatic rings. The maximum Gasteiger partial charge on any atom is 0.0699 e. The van der Waals surface area contributed by atoms with E-state index < -0.39 is 0 Å². The Morgan fingerprint density at radius 2 is 2.31 bits per heavy atom. The van der Waals surface area contributed by atoms with Gasteiger partial charge in [0.05, 0.1) is 6.10 Å². The van der Waals surface area contributed by atoms with E-state index in [2.05, 4.69) is 25.2 Å². The Balaban J connectivity index is 1.73. The van der Waals surface area contributed by atoms with Crippen LogP contribution in [-0.2, 0) is 11.3 Å². The van der Waals surface area contributed by atoms with Crippen molar-refractivity contribution in [3.63, 3.8) is 0 Å². The maximum atomic E-state index is 5.69. The number of hydrogen-bond donors (Lipinski definition) is 1. The van der Waals surface area contributed by atoms with Crippen molar-refractivity contribution in [2.75, 3.05) is 13.2 Å². The first-order valence-electron chi connectivity index (χ1n) is 6.14. The highest BCUT2D eigenvalue weighted by Crippen LogP contribution is 2.20. The Kier molecular flexibility index (Phi) is 4.38. The fourth-order valence-electron chi connectivity index (χ4n) is 2.20.